The van der Waals surface area contributed by atoms with Crippen LogP contribution in [-0.2, 0) is 15.4 Å². The molecular weight excluding hydrogens is 461 g/mol. The fourth-order valence-corrected chi connectivity index (χ4v) is 7.21. The molecule has 1 saturated carbocycles. The average Bonchev–Trinajstić information content (AvgIpc) is 3.29. The lowest BCUT2D eigenvalue weighted by molar-refractivity contribution is 0.416. The van der Waals surface area contributed by atoms with Crippen molar-refractivity contribution in [2.45, 2.75) is 37.4 Å². The predicted octanol–water partition coefficient (Wildman–Crippen LogP) is 5.58. The number of sulfonamides is 1. The zero-order chi connectivity index (χ0) is 25.0. The fourth-order valence-electron chi connectivity index (χ4n) is 5.86. The fraction of sp³-hybridized carbons (Fsp3) is 0.321. The molecule has 1 aliphatic heterocycles. The van der Waals surface area contributed by atoms with Crippen LogP contribution in [0.25, 0.3) is 0 Å². The lowest BCUT2D eigenvalue weighted by atomic mass is 9.86. The number of anilines is 2. The molecule has 1 aliphatic carbocycles. The van der Waals surface area contributed by atoms with Crippen LogP contribution in [0.2, 0.25) is 0 Å². The lowest BCUT2D eigenvalue weighted by Gasteiger charge is -2.27. The Kier molecular flexibility index (Phi) is 5.80. The number of aryl methyl sites for hydroxylation is 1. The number of nitrogens with one attached hydrogen (secondary N) is 2. The third kappa shape index (κ3) is 3.87. The van der Waals surface area contributed by atoms with Gasteiger partial charge in [0.15, 0.2) is 0 Å². The van der Waals surface area contributed by atoms with Crippen molar-refractivity contribution in [3.05, 3.63) is 94.8 Å². The van der Waals surface area contributed by atoms with Crippen molar-refractivity contribution in [3.63, 3.8) is 0 Å². The summed E-state index contributed by atoms with van der Waals surface area (Å²) in [6.07, 6.45) is 1.32. The van der Waals surface area contributed by atoms with Crippen LogP contribution in [-0.4, -0.2) is 37.3 Å². The van der Waals surface area contributed by atoms with Crippen LogP contribution in [0.15, 0.2) is 66.7 Å². The standard InChI is InChI=1S/C28H30FN3O2S/c1-18(2)35(33,34)32-16-25-27(20-7-5-4-6-8-20)28(25,17-32)24-14-21(15-30)26(13-19(24)3)31-23-11-9-22(29)10-12-23/h4-15,18,25,27,30-31H,16-17H2,1-3H3/t25-,27-,28+/m1/s1. The number of nitrogens with zero attached hydrogens (tertiary/aromatic N) is 1. The zero-order valence-electron chi connectivity index (χ0n) is 20.1. The minimum atomic E-state index is -3.37. The van der Waals surface area contributed by atoms with E-state index in [4.69, 9.17) is 5.41 Å². The molecule has 0 amide bonds. The van der Waals surface area contributed by atoms with E-state index in [1.54, 1.807) is 30.3 Å². The Labute approximate surface area is 206 Å². The van der Waals surface area contributed by atoms with Crippen molar-refractivity contribution in [1.82, 2.24) is 4.31 Å². The molecule has 1 heterocycles. The molecule has 0 spiro atoms. The highest BCUT2D eigenvalue weighted by Crippen LogP contribution is 2.70. The van der Waals surface area contributed by atoms with Crippen LogP contribution in [0.5, 0.6) is 0 Å². The normalized spacial score (nSPS) is 23.8. The first-order chi connectivity index (χ1) is 16.7. The Hall–Kier alpha value is -3.03. The topological polar surface area (TPSA) is 73.3 Å². The second kappa shape index (κ2) is 8.57. The minimum absolute atomic E-state index is 0.187. The number of rotatable bonds is 7. The first-order valence-corrected chi connectivity index (χ1v) is 13.4. The first-order valence-electron chi connectivity index (χ1n) is 11.9. The second-order valence-electron chi connectivity index (χ2n) is 9.95. The van der Waals surface area contributed by atoms with Crippen molar-refractivity contribution < 1.29 is 12.8 Å². The molecule has 0 unspecified atom stereocenters. The van der Waals surface area contributed by atoms with E-state index in [0.29, 0.717) is 18.7 Å². The third-order valence-corrected chi connectivity index (χ3v) is 9.83. The van der Waals surface area contributed by atoms with Crippen LogP contribution >= 0.6 is 0 Å². The number of hydrogen-bond acceptors (Lipinski definition) is 4. The summed E-state index contributed by atoms with van der Waals surface area (Å²) < 4.78 is 41.1. The molecular formula is C28H30FN3O2S. The number of benzene rings is 3. The van der Waals surface area contributed by atoms with Crippen LogP contribution < -0.4 is 5.32 Å². The summed E-state index contributed by atoms with van der Waals surface area (Å²) in [5.74, 6) is 0.115. The van der Waals surface area contributed by atoms with Gasteiger partial charge in [0.05, 0.1) is 5.25 Å². The maximum Gasteiger partial charge on any atom is 0.216 e. The summed E-state index contributed by atoms with van der Waals surface area (Å²) >= 11 is 0. The molecule has 5 nitrogen and oxygen atoms in total. The highest BCUT2D eigenvalue weighted by Gasteiger charge is 2.71. The molecule has 35 heavy (non-hydrogen) atoms. The van der Waals surface area contributed by atoms with E-state index in [1.807, 2.05) is 37.3 Å². The number of hydrogen-bond donors (Lipinski definition) is 2. The van der Waals surface area contributed by atoms with E-state index in [2.05, 4.69) is 17.4 Å². The summed E-state index contributed by atoms with van der Waals surface area (Å²) in [6.45, 7) is 6.46. The molecule has 3 aromatic carbocycles. The SMILES string of the molecule is Cc1cc(Nc2ccc(F)cc2)c(C=N)cc1[C@@]12CN(S(=O)(=O)C(C)C)C[C@@H]1[C@H]2c1ccccc1. The van der Waals surface area contributed by atoms with Gasteiger partial charge in [-0.2, -0.15) is 0 Å². The van der Waals surface area contributed by atoms with Gasteiger partial charge in [-0.05, 0) is 79.8 Å². The van der Waals surface area contributed by atoms with Crippen molar-refractivity contribution in [1.29, 1.82) is 5.41 Å². The molecule has 5 rings (SSSR count). The van der Waals surface area contributed by atoms with E-state index in [9.17, 15) is 12.8 Å². The van der Waals surface area contributed by atoms with Gasteiger partial charge in [-0.25, -0.2) is 17.1 Å². The summed E-state index contributed by atoms with van der Waals surface area (Å²) in [6, 6.07) is 20.5. The Morgan fingerprint density at radius 2 is 1.80 bits per heavy atom. The van der Waals surface area contributed by atoms with Crippen LogP contribution in [0.1, 0.15) is 42.0 Å². The van der Waals surface area contributed by atoms with Crippen molar-refractivity contribution in [2.24, 2.45) is 5.92 Å². The maximum absolute atomic E-state index is 13.3. The monoisotopic (exact) mass is 491 g/mol. The Balaban J connectivity index is 1.57. The number of halogens is 1. The van der Waals surface area contributed by atoms with Gasteiger partial charge in [0.1, 0.15) is 5.82 Å². The molecule has 3 aromatic rings. The van der Waals surface area contributed by atoms with Crippen molar-refractivity contribution >= 4 is 27.6 Å². The Bertz CT molecular complexity index is 1370. The van der Waals surface area contributed by atoms with Crippen molar-refractivity contribution in [3.8, 4) is 0 Å². The van der Waals surface area contributed by atoms with Crippen LogP contribution in [0, 0.1) is 24.1 Å². The molecule has 1 saturated heterocycles. The number of fused-ring (bicyclic) bond motifs is 1. The molecule has 7 heteroatoms. The van der Waals surface area contributed by atoms with Gasteiger partial charge in [0.2, 0.25) is 10.0 Å². The van der Waals surface area contributed by atoms with Gasteiger partial charge in [-0.1, -0.05) is 30.3 Å². The highest BCUT2D eigenvalue weighted by atomic mass is 32.2. The summed E-state index contributed by atoms with van der Waals surface area (Å²) in [5.41, 5.74) is 5.27. The van der Waals surface area contributed by atoms with Gasteiger partial charge in [0, 0.05) is 47.6 Å². The molecule has 0 radical (unpaired) electrons. The van der Waals surface area contributed by atoms with E-state index in [0.717, 1.165) is 22.5 Å². The van der Waals surface area contributed by atoms with E-state index < -0.39 is 15.3 Å². The maximum atomic E-state index is 13.3. The number of piperidine rings is 1. The van der Waals surface area contributed by atoms with Gasteiger partial charge >= 0.3 is 0 Å². The average molecular weight is 492 g/mol. The van der Waals surface area contributed by atoms with Crippen LogP contribution in [0.4, 0.5) is 15.8 Å². The molecule has 2 N–H and O–H groups in total. The first kappa shape index (κ1) is 23.7. The van der Waals surface area contributed by atoms with Gasteiger partial charge < -0.3 is 10.7 Å². The molecule has 0 bridgehead atoms. The molecule has 182 valence electrons. The lowest BCUT2D eigenvalue weighted by Crippen LogP contribution is -2.38. The summed E-state index contributed by atoms with van der Waals surface area (Å²) in [5, 5.41) is 10.9. The zero-order valence-corrected chi connectivity index (χ0v) is 20.9. The van der Waals surface area contributed by atoms with Crippen molar-refractivity contribution in [2.75, 3.05) is 18.4 Å². The smallest absolute Gasteiger partial charge is 0.216 e. The third-order valence-electron chi connectivity index (χ3n) is 7.64. The second-order valence-corrected chi connectivity index (χ2v) is 12.4. The quantitative estimate of drug-likeness (QED) is 0.424. The van der Waals surface area contributed by atoms with Gasteiger partial charge in [-0.15, -0.1) is 0 Å². The van der Waals surface area contributed by atoms with E-state index in [-0.39, 0.29) is 23.1 Å². The predicted molar refractivity (Wildman–Crippen MR) is 139 cm³/mol. The van der Waals surface area contributed by atoms with E-state index in [1.165, 1.54) is 23.9 Å². The molecule has 2 aliphatic rings. The summed E-state index contributed by atoms with van der Waals surface area (Å²) in [7, 11) is -3.37. The molecule has 0 aromatic heterocycles. The highest BCUT2D eigenvalue weighted by molar-refractivity contribution is 7.89. The molecule has 3 atom stereocenters. The van der Waals surface area contributed by atoms with Crippen LogP contribution in [0.3, 0.4) is 0 Å². The van der Waals surface area contributed by atoms with Gasteiger partial charge in [0.25, 0.3) is 0 Å². The molecule has 2 fully saturated rings. The van der Waals surface area contributed by atoms with Gasteiger partial charge in [-0.3, -0.25) is 0 Å². The minimum Gasteiger partial charge on any atom is -0.355 e. The largest absolute Gasteiger partial charge is 0.355 e. The Morgan fingerprint density at radius 3 is 2.43 bits per heavy atom. The van der Waals surface area contributed by atoms with E-state index >= 15 is 0 Å². The Morgan fingerprint density at radius 1 is 1.11 bits per heavy atom. The summed E-state index contributed by atoms with van der Waals surface area (Å²) in [4.78, 5) is 0.